The van der Waals surface area contributed by atoms with Crippen molar-refractivity contribution in [3.63, 3.8) is 0 Å². The normalized spacial score (nSPS) is 13.2. The quantitative estimate of drug-likeness (QED) is 0.316. The SMILES string of the molecule is COC(=O)C(O)c1c(-c2ccc3c(c2C)CCCO3)c(C=N)c(NCc2ccc(OC)cc2)c(=O)n1C. The molecule has 37 heavy (non-hydrogen) atoms. The third-order valence-electron chi connectivity index (χ3n) is 6.78. The Balaban J connectivity index is 1.93. The van der Waals surface area contributed by atoms with E-state index in [-0.39, 0.29) is 16.9 Å². The van der Waals surface area contributed by atoms with Gasteiger partial charge in [0.05, 0.1) is 26.5 Å². The second-order valence-electron chi connectivity index (χ2n) is 8.85. The molecule has 1 unspecified atom stereocenters. The Morgan fingerprint density at radius 1 is 1.24 bits per heavy atom. The number of carbonyl (C=O) groups excluding carboxylic acids is 1. The molecule has 1 aliphatic rings. The first-order chi connectivity index (χ1) is 17.8. The van der Waals surface area contributed by atoms with E-state index < -0.39 is 17.6 Å². The molecule has 194 valence electrons. The van der Waals surface area contributed by atoms with Crippen LogP contribution < -0.4 is 20.3 Å². The number of hydrogen-bond acceptors (Lipinski definition) is 8. The number of benzene rings is 2. The maximum atomic E-state index is 13.5. The Morgan fingerprint density at radius 2 is 1.97 bits per heavy atom. The van der Waals surface area contributed by atoms with Crippen molar-refractivity contribution in [2.24, 2.45) is 7.05 Å². The summed E-state index contributed by atoms with van der Waals surface area (Å²) in [7, 11) is 4.26. The highest BCUT2D eigenvalue weighted by Gasteiger charge is 2.31. The first-order valence-electron chi connectivity index (χ1n) is 12.0. The summed E-state index contributed by atoms with van der Waals surface area (Å²) in [4.78, 5) is 25.9. The molecular formula is C28H31N3O6. The summed E-state index contributed by atoms with van der Waals surface area (Å²) in [5.74, 6) is 0.613. The largest absolute Gasteiger partial charge is 0.497 e. The summed E-state index contributed by atoms with van der Waals surface area (Å²) >= 11 is 0. The zero-order valence-electron chi connectivity index (χ0n) is 21.4. The van der Waals surface area contributed by atoms with E-state index in [1.54, 1.807) is 7.11 Å². The number of aliphatic hydroxyl groups excluding tert-OH is 1. The number of methoxy groups -OCH3 is 2. The number of esters is 1. The molecule has 1 aliphatic heterocycles. The number of aromatic nitrogens is 1. The van der Waals surface area contributed by atoms with Crippen LogP contribution in [0.3, 0.4) is 0 Å². The molecule has 0 bridgehead atoms. The van der Waals surface area contributed by atoms with Crippen LogP contribution in [0, 0.1) is 12.3 Å². The van der Waals surface area contributed by atoms with Crippen LogP contribution in [0.2, 0.25) is 0 Å². The highest BCUT2D eigenvalue weighted by Crippen LogP contribution is 2.40. The van der Waals surface area contributed by atoms with Crippen molar-refractivity contribution in [2.45, 2.75) is 32.4 Å². The van der Waals surface area contributed by atoms with Gasteiger partial charge in [0.15, 0.2) is 6.10 Å². The van der Waals surface area contributed by atoms with E-state index in [1.807, 2.05) is 43.3 Å². The van der Waals surface area contributed by atoms with Crippen molar-refractivity contribution in [1.82, 2.24) is 4.57 Å². The smallest absolute Gasteiger partial charge is 0.340 e. The maximum absolute atomic E-state index is 13.5. The van der Waals surface area contributed by atoms with Crippen molar-refractivity contribution >= 4 is 17.9 Å². The molecule has 3 aromatic rings. The van der Waals surface area contributed by atoms with Crippen LogP contribution in [-0.4, -0.2) is 42.7 Å². The zero-order chi connectivity index (χ0) is 26.7. The van der Waals surface area contributed by atoms with Crippen molar-refractivity contribution in [3.05, 3.63) is 74.7 Å². The molecule has 2 heterocycles. The van der Waals surface area contributed by atoms with Gasteiger partial charge >= 0.3 is 5.97 Å². The molecule has 2 aromatic carbocycles. The van der Waals surface area contributed by atoms with Crippen molar-refractivity contribution in [2.75, 3.05) is 26.1 Å². The van der Waals surface area contributed by atoms with Gasteiger partial charge in [0, 0.05) is 30.9 Å². The van der Waals surface area contributed by atoms with E-state index in [9.17, 15) is 14.7 Å². The fourth-order valence-corrected chi connectivity index (χ4v) is 4.78. The van der Waals surface area contributed by atoms with Gasteiger partial charge in [0.1, 0.15) is 17.2 Å². The lowest BCUT2D eigenvalue weighted by molar-refractivity contribution is -0.151. The van der Waals surface area contributed by atoms with Crippen molar-refractivity contribution < 1.29 is 24.1 Å². The Hall–Kier alpha value is -4.11. The predicted octanol–water partition coefficient (Wildman–Crippen LogP) is 3.51. The van der Waals surface area contributed by atoms with Crippen LogP contribution in [0.15, 0.2) is 41.2 Å². The van der Waals surface area contributed by atoms with Crippen molar-refractivity contribution in [3.8, 4) is 22.6 Å². The van der Waals surface area contributed by atoms with E-state index >= 15 is 0 Å². The summed E-state index contributed by atoms with van der Waals surface area (Å²) in [6, 6.07) is 11.1. The number of hydrogen-bond donors (Lipinski definition) is 3. The monoisotopic (exact) mass is 505 g/mol. The molecule has 0 saturated heterocycles. The molecule has 0 fully saturated rings. The van der Waals surface area contributed by atoms with E-state index in [2.05, 4.69) is 5.32 Å². The maximum Gasteiger partial charge on any atom is 0.340 e. The molecule has 1 aromatic heterocycles. The molecule has 3 N–H and O–H groups in total. The number of ether oxygens (including phenoxy) is 3. The van der Waals surface area contributed by atoms with E-state index in [0.717, 1.165) is 47.2 Å². The molecule has 0 radical (unpaired) electrons. The number of anilines is 1. The lowest BCUT2D eigenvalue weighted by Gasteiger charge is -2.26. The second kappa shape index (κ2) is 10.9. The topological polar surface area (TPSA) is 123 Å². The highest BCUT2D eigenvalue weighted by molar-refractivity contribution is 5.98. The average molecular weight is 506 g/mol. The molecule has 4 rings (SSSR count). The second-order valence-corrected chi connectivity index (χ2v) is 8.85. The Labute approximate surface area is 215 Å². The molecule has 9 nitrogen and oxygen atoms in total. The van der Waals surface area contributed by atoms with Crippen LogP contribution in [0.25, 0.3) is 11.1 Å². The molecule has 0 spiro atoms. The first kappa shape index (κ1) is 26.0. The van der Waals surface area contributed by atoms with Gasteiger partial charge in [0.25, 0.3) is 5.56 Å². The van der Waals surface area contributed by atoms with Gasteiger partial charge in [-0.1, -0.05) is 18.2 Å². The molecule has 0 aliphatic carbocycles. The number of carbonyl (C=O) groups is 1. The number of rotatable bonds is 8. The van der Waals surface area contributed by atoms with Crippen LogP contribution >= 0.6 is 0 Å². The number of fused-ring (bicyclic) bond motifs is 1. The molecule has 0 amide bonds. The van der Waals surface area contributed by atoms with Crippen molar-refractivity contribution in [1.29, 1.82) is 5.41 Å². The van der Waals surface area contributed by atoms with Gasteiger partial charge in [-0.25, -0.2) is 4.79 Å². The van der Waals surface area contributed by atoms with Gasteiger partial charge in [-0.15, -0.1) is 0 Å². The lowest BCUT2D eigenvalue weighted by atomic mass is 9.88. The summed E-state index contributed by atoms with van der Waals surface area (Å²) < 4.78 is 17.1. The van der Waals surface area contributed by atoms with Gasteiger partial charge < -0.3 is 34.6 Å². The summed E-state index contributed by atoms with van der Waals surface area (Å²) in [6.07, 6.45) is 1.04. The molecule has 1 atom stereocenters. The Morgan fingerprint density at radius 3 is 2.62 bits per heavy atom. The Bertz CT molecular complexity index is 1390. The fourth-order valence-electron chi connectivity index (χ4n) is 4.78. The van der Waals surface area contributed by atoms with Gasteiger partial charge in [0.2, 0.25) is 0 Å². The Kier molecular flexibility index (Phi) is 7.63. The van der Waals surface area contributed by atoms with E-state index in [0.29, 0.717) is 24.3 Å². The summed E-state index contributed by atoms with van der Waals surface area (Å²) in [5.41, 5.74) is 3.99. The van der Waals surface area contributed by atoms with E-state index in [1.165, 1.54) is 18.7 Å². The molecule has 9 heteroatoms. The minimum atomic E-state index is -1.72. The standard InChI is InChI=1S/C28H31N3O6/c1-16-19-6-5-13-37-22(19)12-11-20(16)23-21(14-29)24(30-15-17-7-9-18(35-3)10-8-17)27(33)31(2)25(23)26(32)28(34)36-4/h7-12,14,26,29-30,32H,5-6,13,15H2,1-4H3. The van der Waals surface area contributed by atoms with Crippen LogP contribution in [-0.2, 0) is 29.5 Å². The molecule has 0 saturated carbocycles. The first-order valence-corrected chi connectivity index (χ1v) is 12.0. The zero-order valence-corrected chi connectivity index (χ0v) is 21.4. The number of nitrogens with one attached hydrogen (secondary N) is 2. The summed E-state index contributed by atoms with van der Waals surface area (Å²) in [5, 5.41) is 22.4. The third kappa shape index (κ3) is 4.82. The van der Waals surface area contributed by atoms with Crippen LogP contribution in [0.4, 0.5) is 5.69 Å². The lowest BCUT2D eigenvalue weighted by Crippen LogP contribution is -2.31. The number of pyridine rings is 1. The van der Waals surface area contributed by atoms with Crippen LogP contribution in [0.5, 0.6) is 11.5 Å². The number of nitrogens with zero attached hydrogens (tertiary/aromatic N) is 1. The van der Waals surface area contributed by atoms with Crippen LogP contribution in [0.1, 0.15) is 40.5 Å². The van der Waals surface area contributed by atoms with E-state index in [4.69, 9.17) is 19.6 Å². The number of aliphatic hydroxyl groups is 1. The summed E-state index contributed by atoms with van der Waals surface area (Å²) in [6.45, 7) is 2.90. The van der Waals surface area contributed by atoms with Gasteiger partial charge in [-0.2, -0.15) is 0 Å². The van der Waals surface area contributed by atoms with Gasteiger partial charge in [-0.05, 0) is 60.2 Å². The fraction of sp³-hybridized carbons (Fsp3) is 0.321. The molecular weight excluding hydrogens is 474 g/mol. The minimum absolute atomic E-state index is 0.0603. The minimum Gasteiger partial charge on any atom is -0.497 e. The third-order valence-corrected chi connectivity index (χ3v) is 6.78. The highest BCUT2D eigenvalue weighted by atomic mass is 16.5. The average Bonchev–Trinajstić information content (AvgIpc) is 2.93. The van der Waals surface area contributed by atoms with Gasteiger partial charge in [-0.3, -0.25) is 4.79 Å². The predicted molar refractivity (Wildman–Crippen MR) is 141 cm³/mol.